The predicted molar refractivity (Wildman–Crippen MR) is 121 cm³/mol. The molecule has 5 atom stereocenters. The first kappa shape index (κ1) is 22.6. The minimum Gasteiger partial charge on any atom is -0.493 e. The Labute approximate surface area is 190 Å². The predicted octanol–water partition coefficient (Wildman–Crippen LogP) is 3.05. The van der Waals surface area contributed by atoms with Crippen LogP contribution in [-0.2, 0) is 14.3 Å². The lowest BCUT2D eigenvalue weighted by Crippen LogP contribution is -2.43. The van der Waals surface area contributed by atoms with Crippen molar-refractivity contribution in [2.24, 2.45) is 17.8 Å². The van der Waals surface area contributed by atoms with Crippen molar-refractivity contribution in [3.8, 4) is 11.5 Å². The van der Waals surface area contributed by atoms with Gasteiger partial charge < -0.3 is 24.0 Å². The van der Waals surface area contributed by atoms with E-state index in [1.54, 1.807) is 19.1 Å². The van der Waals surface area contributed by atoms with E-state index in [9.17, 15) is 9.59 Å². The molecule has 7 nitrogen and oxygen atoms in total. The van der Waals surface area contributed by atoms with Crippen LogP contribution in [0.4, 0.5) is 0 Å². The number of hydrogen-bond donors (Lipinski definition) is 0. The lowest BCUT2D eigenvalue weighted by Gasteiger charge is -2.40. The van der Waals surface area contributed by atoms with Gasteiger partial charge in [0.15, 0.2) is 23.0 Å². The Balaban J connectivity index is 1.82. The molecule has 1 aliphatic carbocycles. The third kappa shape index (κ3) is 3.66. The Morgan fingerprint density at radius 1 is 1.09 bits per heavy atom. The quantitative estimate of drug-likeness (QED) is 0.675. The molecule has 174 valence electrons. The number of para-hydroxylation sites is 1. The van der Waals surface area contributed by atoms with Gasteiger partial charge in [0.1, 0.15) is 6.10 Å². The van der Waals surface area contributed by atoms with Crippen LogP contribution < -0.4 is 9.47 Å². The molecule has 2 heterocycles. The van der Waals surface area contributed by atoms with Crippen molar-refractivity contribution in [3.63, 3.8) is 0 Å². The number of benzene rings is 1. The van der Waals surface area contributed by atoms with Gasteiger partial charge >= 0.3 is 0 Å². The summed E-state index contributed by atoms with van der Waals surface area (Å²) in [4.78, 5) is 31.2. The molecule has 3 aliphatic rings. The highest BCUT2D eigenvalue weighted by Gasteiger charge is 2.53. The van der Waals surface area contributed by atoms with Crippen LogP contribution in [0.1, 0.15) is 38.3 Å². The molecule has 0 radical (unpaired) electrons. The Hall–Kier alpha value is -2.54. The van der Waals surface area contributed by atoms with Crippen LogP contribution in [0, 0.1) is 17.8 Å². The summed E-state index contributed by atoms with van der Waals surface area (Å²) in [5.41, 5.74) is 1.22. The van der Waals surface area contributed by atoms with E-state index in [1.807, 2.05) is 37.2 Å². The number of carbonyl (C=O) groups is 2. The third-order valence-corrected chi connectivity index (χ3v) is 7.32. The first-order valence-electron chi connectivity index (χ1n) is 11.4. The number of carbonyl (C=O) groups excluding carboxylic acids is 2. The molecule has 32 heavy (non-hydrogen) atoms. The lowest BCUT2D eigenvalue weighted by atomic mass is 9.70. The first-order chi connectivity index (χ1) is 15.3. The zero-order chi connectivity index (χ0) is 23.2. The minimum atomic E-state index is -0.550. The summed E-state index contributed by atoms with van der Waals surface area (Å²) in [6.45, 7) is 5.54. The van der Waals surface area contributed by atoms with E-state index in [2.05, 4.69) is 13.8 Å². The summed E-state index contributed by atoms with van der Waals surface area (Å²) in [5, 5.41) is 0. The van der Waals surface area contributed by atoms with E-state index < -0.39 is 6.04 Å². The van der Waals surface area contributed by atoms with Crippen molar-refractivity contribution in [1.29, 1.82) is 0 Å². The number of rotatable bonds is 6. The average Bonchev–Trinajstić information content (AvgIpc) is 3.04. The van der Waals surface area contributed by atoms with Crippen molar-refractivity contribution in [1.82, 2.24) is 9.80 Å². The monoisotopic (exact) mass is 442 g/mol. The molecule has 5 unspecified atom stereocenters. The molecule has 0 aromatic heterocycles. The fourth-order valence-corrected chi connectivity index (χ4v) is 5.30. The van der Waals surface area contributed by atoms with E-state index in [4.69, 9.17) is 14.2 Å². The van der Waals surface area contributed by atoms with Crippen molar-refractivity contribution >= 4 is 11.7 Å². The molecule has 1 amide bonds. The van der Waals surface area contributed by atoms with Gasteiger partial charge in [0.25, 0.3) is 5.91 Å². The molecule has 0 spiro atoms. The van der Waals surface area contributed by atoms with Crippen molar-refractivity contribution in [2.45, 2.75) is 38.8 Å². The fraction of sp³-hybridized carbons (Fsp3) is 0.600. The number of methoxy groups -OCH3 is 2. The zero-order valence-electron chi connectivity index (χ0n) is 19.9. The van der Waals surface area contributed by atoms with Gasteiger partial charge in [-0.25, -0.2) is 0 Å². The maximum absolute atomic E-state index is 13.9. The number of likely N-dealkylation sites (N-methyl/N-ethyl adjacent to an activating group) is 1. The Kier molecular flexibility index (Phi) is 6.21. The van der Waals surface area contributed by atoms with Crippen LogP contribution in [0.3, 0.4) is 0 Å². The highest BCUT2D eigenvalue weighted by Crippen LogP contribution is 2.50. The highest BCUT2D eigenvalue weighted by atomic mass is 16.5. The van der Waals surface area contributed by atoms with E-state index in [0.29, 0.717) is 42.0 Å². The molecule has 0 N–H and O–H groups in total. The number of ketones is 1. The molecule has 0 bridgehead atoms. The Morgan fingerprint density at radius 3 is 2.47 bits per heavy atom. The molecule has 7 heteroatoms. The van der Waals surface area contributed by atoms with E-state index in [1.165, 1.54) is 0 Å². The van der Waals surface area contributed by atoms with E-state index >= 15 is 0 Å². The van der Waals surface area contributed by atoms with Gasteiger partial charge in [0, 0.05) is 18.7 Å². The largest absolute Gasteiger partial charge is 0.493 e. The summed E-state index contributed by atoms with van der Waals surface area (Å²) < 4.78 is 17.5. The second-order valence-corrected chi connectivity index (χ2v) is 9.58. The maximum atomic E-state index is 13.9. The number of Topliss-reactive ketones (excluding diaryl/α,β-unsaturated/α-hetero) is 1. The molecule has 1 aromatic carbocycles. The van der Waals surface area contributed by atoms with Crippen LogP contribution >= 0.6 is 0 Å². The van der Waals surface area contributed by atoms with Gasteiger partial charge in [-0.3, -0.25) is 9.59 Å². The average molecular weight is 443 g/mol. The summed E-state index contributed by atoms with van der Waals surface area (Å²) in [5.74, 6) is 1.87. The minimum absolute atomic E-state index is 0.0468. The van der Waals surface area contributed by atoms with Crippen molar-refractivity contribution in [2.75, 3.05) is 41.4 Å². The van der Waals surface area contributed by atoms with Gasteiger partial charge in [0.05, 0.1) is 31.8 Å². The van der Waals surface area contributed by atoms with Crippen LogP contribution in [-0.4, -0.2) is 69.0 Å². The lowest BCUT2D eigenvalue weighted by molar-refractivity contribution is -0.137. The maximum Gasteiger partial charge on any atom is 0.290 e. The number of nitrogens with zero attached hydrogens (tertiary/aromatic N) is 2. The SMILES string of the molecule is COc1cccc(C2C3=C(OC4CC(C)C(C)CC4C3=O)C(=O)N2CCN(C)C)c1OC. The molecule has 0 saturated heterocycles. The van der Waals surface area contributed by atoms with Gasteiger partial charge in [-0.15, -0.1) is 0 Å². The van der Waals surface area contributed by atoms with Crippen LogP contribution in [0.2, 0.25) is 0 Å². The normalized spacial score (nSPS) is 29.7. The van der Waals surface area contributed by atoms with Crippen LogP contribution in [0.25, 0.3) is 0 Å². The molecule has 2 aliphatic heterocycles. The Morgan fingerprint density at radius 2 is 1.81 bits per heavy atom. The summed E-state index contributed by atoms with van der Waals surface area (Å²) in [6, 6.07) is 5.04. The van der Waals surface area contributed by atoms with Gasteiger partial charge in [-0.1, -0.05) is 26.0 Å². The standard InChI is InChI=1S/C25H34N2O5/c1-14-12-17-19(13-15(14)2)32-24-20(22(17)28)21(27(25(24)29)11-10-26(3)4)16-8-7-9-18(30-5)23(16)31-6/h7-9,14-15,17,19,21H,10-13H2,1-6H3. The number of amides is 1. The summed E-state index contributed by atoms with van der Waals surface area (Å²) in [6.07, 6.45) is 1.36. The highest BCUT2D eigenvalue weighted by molar-refractivity contribution is 6.11. The summed E-state index contributed by atoms with van der Waals surface area (Å²) >= 11 is 0. The molecular formula is C25H34N2O5. The third-order valence-electron chi connectivity index (χ3n) is 7.32. The number of fused-ring (bicyclic) bond motifs is 1. The Bertz CT molecular complexity index is 940. The molecular weight excluding hydrogens is 408 g/mol. The molecule has 1 saturated carbocycles. The number of hydrogen-bond acceptors (Lipinski definition) is 6. The van der Waals surface area contributed by atoms with Crippen LogP contribution in [0.5, 0.6) is 11.5 Å². The fourth-order valence-electron chi connectivity index (χ4n) is 5.30. The smallest absolute Gasteiger partial charge is 0.290 e. The van der Waals surface area contributed by atoms with Crippen molar-refractivity contribution in [3.05, 3.63) is 35.1 Å². The molecule has 1 aromatic rings. The van der Waals surface area contributed by atoms with Gasteiger partial charge in [-0.05, 0) is 44.8 Å². The molecule has 4 rings (SSSR count). The second-order valence-electron chi connectivity index (χ2n) is 9.58. The van der Waals surface area contributed by atoms with Crippen molar-refractivity contribution < 1.29 is 23.8 Å². The zero-order valence-corrected chi connectivity index (χ0v) is 19.9. The van der Waals surface area contributed by atoms with E-state index in [0.717, 1.165) is 18.4 Å². The summed E-state index contributed by atoms with van der Waals surface area (Å²) in [7, 11) is 7.10. The van der Waals surface area contributed by atoms with Crippen LogP contribution in [0.15, 0.2) is 29.5 Å². The first-order valence-corrected chi connectivity index (χ1v) is 11.4. The van der Waals surface area contributed by atoms with E-state index in [-0.39, 0.29) is 29.5 Å². The second kappa shape index (κ2) is 8.77. The molecule has 1 fully saturated rings. The number of ether oxygens (including phenoxy) is 3. The topological polar surface area (TPSA) is 68.3 Å². The van der Waals surface area contributed by atoms with Gasteiger partial charge in [-0.2, -0.15) is 0 Å². The van der Waals surface area contributed by atoms with Gasteiger partial charge in [0.2, 0.25) is 0 Å².